The van der Waals surface area contributed by atoms with Gasteiger partial charge in [0.05, 0.1) is 5.69 Å². The van der Waals surface area contributed by atoms with Gasteiger partial charge in [-0.1, -0.05) is 0 Å². The first-order valence-electron chi connectivity index (χ1n) is 7.73. The van der Waals surface area contributed by atoms with Gasteiger partial charge in [-0.05, 0) is 27.2 Å². The van der Waals surface area contributed by atoms with Gasteiger partial charge in [0.15, 0.2) is 5.71 Å². The number of carbonyl (C=O) groups is 2. The Morgan fingerprint density at radius 3 is 2.58 bits per heavy atom. The van der Waals surface area contributed by atoms with Crippen molar-refractivity contribution in [2.75, 3.05) is 17.0 Å². The van der Waals surface area contributed by atoms with Gasteiger partial charge in [0.25, 0.3) is 0 Å². The third-order valence-corrected chi connectivity index (χ3v) is 3.35. The number of carbonyl (C=O) groups excluding carboxylic acids is 2. The summed E-state index contributed by atoms with van der Waals surface area (Å²) in [6, 6.07) is 3.28. The molecule has 1 aliphatic heterocycles. The molecule has 130 valence electrons. The lowest BCUT2D eigenvalue weighted by Gasteiger charge is -2.19. The van der Waals surface area contributed by atoms with E-state index < -0.39 is 17.6 Å². The number of hydrogen-bond donors (Lipinski definition) is 2. The summed E-state index contributed by atoms with van der Waals surface area (Å²) in [4.78, 5) is 24.0. The normalized spacial score (nSPS) is 17.7. The maximum absolute atomic E-state index is 12.3. The lowest BCUT2D eigenvalue weighted by molar-refractivity contribution is -0.683. The fourth-order valence-electron chi connectivity index (χ4n) is 2.26. The second-order valence-electron chi connectivity index (χ2n) is 6.53. The highest BCUT2D eigenvalue weighted by molar-refractivity contribution is 6.10. The molecule has 1 aromatic heterocycles. The summed E-state index contributed by atoms with van der Waals surface area (Å²) in [5.41, 5.74) is 0.631. The molecule has 0 aromatic carbocycles. The molecule has 2 amide bonds. The molecule has 0 aliphatic carbocycles. The first kappa shape index (κ1) is 17.9. The number of pyridine rings is 1. The number of aromatic nitrogens is 1. The van der Waals surface area contributed by atoms with E-state index in [-0.39, 0.29) is 12.5 Å². The van der Waals surface area contributed by atoms with Crippen LogP contribution >= 0.6 is 0 Å². The third-order valence-electron chi connectivity index (χ3n) is 3.35. The van der Waals surface area contributed by atoms with Crippen LogP contribution in [-0.2, 0) is 9.53 Å². The molecule has 0 fully saturated rings. The lowest BCUT2D eigenvalue weighted by Crippen LogP contribution is -2.56. The van der Waals surface area contributed by atoms with Crippen molar-refractivity contribution >= 4 is 23.4 Å². The SMILES string of the molecule is CC1=NN([n+]2ccc(NC(=O)OC(C)(C)C)cc2)C(=O)C1CCO. The van der Waals surface area contributed by atoms with Gasteiger partial charge in [-0.15, -0.1) is 4.68 Å². The monoisotopic (exact) mass is 335 g/mol. The molecular formula is C16H23N4O4+. The van der Waals surface area contributed by atoms with Crippen LogP contribution in [0.4, 0.5) is 10.5 Å². The predicted octanol–water partition coefficient (Wildman–Crippen LogP) is 1.17. The number of hydrogen-bond acceptors (Lipinski definition) is 5. The van der Waals surface area contributed by atoms with E-state index in [1.54, 1.807) is 52.2 Å². The van der Waals surface area contributed by atoms with Crippen LogP contribution in [0.5, 0.6) is 0 Å². The summed E-state index contributed by atoms with van der Waals surface area (Å²) in [5.74, 6) is -0.596. The second kappa shape index (κ2) is 6.96. The van der Waals surface area contributed by atoms with E-state index in [2.05, 4.69) is 10.4 Å². The first-order valence-corrected chi connectivity index (χ1v) is 7.73. The van der Waals surface area contributed by atoms with Gasteiger partial charge in [0, 0.05) is 35.9 Å². The van der Waals surface area contributed by atoms with E-state index >= 15 is 0 Å². The Morgan fingerprint density at radius 2 is 2.04 bits per heavy atom. The van der Waals surface area contributed by atoms with Crippen LogP contribution in [0.25, 0.3) is 0 Å². The van der Waals surface area contributed by atoms with Crippen molar-refractivity contribution < 1.29 is 24.1 Å². The number of ether oxygens (including phenoxy) is 1. The highest BCUT2D eigenvalue weighted by atomic mass is 16.6. The summed E-state index contributed by atoms with van der Waals surface area (Å²) >= 11 is 0. The van der Waals surface area contributed by atoms with E-state index in [0.29, 0.717) is 17.8 Å². The van der Waals surface area contributed by atoms with Gasteiger partial charge >= 0.3 is 12.0 Å². The Bertz CT molecular complexity index is 649. The van der Waals surface area contributed by atoms with Gasteiger partial charge in [-0.2, -0.15) is 0 Å². The standard InChI is InChI=1S/C16H22N4O4/c1-11-13(7-10-21)14(22)20(18-11)19-8-5-12(6-9-19)17-15(23)24-16(2,3)4/h5-6,8-9,13,21H,7,10H2,1-4H3/p+1. The van der Waals surface area contributed by atoms with Crippen molar-refractivity contribution in [2.45, 2.75) is 39.7 Å². The van der Waals surface area contributed by atoms with Crippen LogP contribution in [0, 0.1) is 5.92 Å². The average molecular weight is 335 g/mol. The Labute approximate surface area is 140 Å². The minimum atomic E-state index is -0.575. The smallest absolute Gasteiger partial charge is 0.412 e. The number of rotatable bonds is 4. The summed E-state index contributed by atoms with van der Waals surface area (Å²) in [6.45, 7) is 7.05. The minimum Gasteiger partial charge on any atom is -0.444 e. The lowest BCUT2D eigenvalue weighted by atomic mass is 10.0. The zero-order valence-electron chi connectivity index (χ0n) is 14.3. The Kier molecular flexibility index (Phi) is 5.18. The van der Waals surface area contributed by atoms with E-state index in [1.165, 1.54) is 9.79 Å². The molecule has 0 spiro atoms. The van der Waals surface area contributed by atoms with Crippen molar-refractivity contribution in [1.82, 2.24) is 0 Å². The van der Waals surface area contributed by atoms with E-state index in [1.807, 2.05) is 0 Å². The highest BCUT2D eigenvalue weighted by Gasteiger charge is 2.41. The summed E-state index contributed by atoms with van der Waals surface area (Å²) in [6.07, 6.45) is 3.03. The van der Waals surface area contributed by atoms with Crippen LogP contribution in [0.2, 0.25) is 0 Å². The molecule has 8 nitrogen and oxygen atoms in total. The molecule has 0 saturated carbocycles. The van der Waals surface area contributed by atoms with Crippen LogP contribution < -0.4 is 15.1 Å². The molecule has 0 radical (unpaired) electrons. The van der Waals surface area contributed by atoms with Crippen LogP contribution in [0.15, 0.2) is 29.6 Å². The summed E-state index contributed by atoms with van der Waals surface area (Å²) < 4.78 is 6.69. The molecule has 2 rings (SSSR count). The molecular weight excluding hydrogens is 312 g/mol. The molecule has 1 unspecified atom stereocenters. The summed E-state index contributed by atoms with van der Waals surface area (Å²) in [5, 5.41) is 17.1. The minimum absolute atomic E-state index is 0.0689. The maximum atomic E-state index is 12.3. The fraction of sp³-hybridized carbons (Fsp3) is 0.500. The van der Waals surface area contributed by atoms with Gasteiger partial charge in [-0.3, -0.25) is 10.1 Å². The number of nitrogens with one attached hydrogen (secondary N) is 1. The van der Waals surface area contributed by atoms with Crippen LogP contribution in [0.1, 0.15) is 34.1 Å². The topological polar surface area (TPSA) is 95.1 Å². The van der Waals surface area contributed by atoms with Gasteiger partial charge < -0.3 is 9.84 Å². The zero-order chi connectivity index (χ0) is 17.9. The van der Waals surface area contributed by atoms with Crippen LogP contribution in [-0.4, -0.2) is 35.0 Å². The predicted molar refractivity (Wildman–Crippen MR) is 88.0 cm³/mol. The molecule has 1 aliphatic rings. The molecule has 8 heteroatoms. The molecule has 1 aromatic rings. The van der Waals surface area contributed by atoms with Crippen LogP contribution in [0.3, 0.4) is 0 Å². The largest absolute Gasteiger partial charge is 0.444 e. The molecule has 1 atom stereocenters. The Hall–Kier alpha value is -2.48. The number of aliphatic hydroxyl groups excluding tert-OH is 1. The van der Waals surface area contributed by atoms with Crippen molar-refractivity contribution in [3.8, 4) is 0 Å². The number of amides is 2. The summed E-state index contributed by atoms with van der Waals surface area (Å²) in [7, 11) is 0. The molecule has 0 bridgehead atoms. The second-order valence-corrected chi connectivity index (χ2v) is 6.53. The number of nitrogens with zero attached hydrogens (tertiary/aromatic N) is 3. The highest BCUT2D eigenvalue weighted by Crippen LogP contribution is 2.16. The van der Waals surface area contributed by atoms with E-state index in [4.69, 9.17) is 9.84 Å². The van der Waals surface area contributed by atoms with Crippen molar-refractivity contribution in [2.24, 2.45) is 11.0 Å². The molecule has 0 saturated heterocycles. The third kappa shape index (κ3) is 4.29. The van der Waals surface area contributed by atoms with Crippen molar-refractivity contribution in [3.05, 3.63) is 24.5 Å². The number of aliphatic hydroxyl groups is 1. The number of hydrazone groups is 1. The molecule has 24 heavy (non-hydrogen) atoms. The fourth-order valence-corrected chi connectivity index (χ4v) is 2.26. The quantitative estimate of drug-likeness (QED) is 0.808. The Balaban J connectivity index is 2.05. The first-order chi connectivity index (χ1) is 11.2. The average Bonchev–Trinajstić information content (AvgIpc) is 2.74. The molecule has 2 heterocycles. The van der Waals surface area contributed by atoms with E-state index in [0.717, 1.165) is 0 Å². The van der Waals surface area contributed by atoms with Gasteiger partial charge in [0.1, 0.15) is 23.9 Å². The van der Waals surface area contributed by atoms with Crippen molar-refractivity contribution in [3.63, 3.8) is 0 Å². The van der Waals surface area contributed by atoms with Gasteiger partial charge in [0.2, 0.25) is 0 Å². The zero-order valence-corrected chi connectivity index (χ0v) is 14.3. The van der Waals surface area contributed by atoms with Gasteiger partial charge in [-0.25, -0.2) is 4.79 Å². The molecule has 2 N–H and O–H groups in total. The maximum Gasteiger partial charge on any atom is 0.412 e. The van der Waals surface area contributed by atoms with E-state index in [9.17, 15) is 9.59 Å². The van der Waals surface area contributed by atoms with Crippen molar-refractivity contribution in [1.29, 1.82) is 0 Å². The Morgan fingerprint density at radius 1 is 1.42 bits per heavy atom. The number of anilines is 1.